The van der Waals surface area contributed by atoms with Crippen LogP contribution in [0.1, 0.15) is 0 Å². The summed E-state index contributed by atoms with van der Waals surface area (Å²) in [5.41, 5.74) is 1.55. The monoisotopic (exact) mass is 292 g/mol. The van der Waals surface area contributed by atoms with Crippen molar-refractivity contribution in [3.05, 3.63) is 46.8 Å². The molecule has 2 heterocycles. The van der Waals surface area contributed by atoms with E-state index in [2.05, 4.69) is 25.9 Å². The summed E-state index contributed by atoms with van der Waals surface area (Å²) < 4.78 is 19.3. The maximum absolute atomic E-state index is 13.0. The van der Waals surface area contributed by atoms with Gasteiger partial charge in [-0.05, 0) is 28.1 Å². The first-order valence-corrected chi connectivity index (χ1v) is 5.70. The Kier molecular flexibility index (Phi) is 2.40. The zero-order valence-electron chi connectivity index (χ0n) is 8.52. The standard InChI is InChI=1S/C12H6BrFN2O/c13-9-4-2-1-3-8(9)11-16-10-5-7(14)6-15-12(10)17-11/h1-6H. The molecule has 3 rings (SSSR count). The van der Waals surface area contributed by atoms with Crippen LogP contribution >= 0.6 is 15.9 Å². The van der Waals surface area contributed by atoms with Crippen molar-refractivity contribution in [2.45, 2.75) is 0 Å². The highest BCUT2D eigenvalue weighted by molar-refractivity contribution is 9.10. The van der Waals surface area contributed by atoms with Crippen LogP contribution in [0.2, 0.25) is 0 Å². The quantitative estimate of drug-likeness (QED) is 0.685. The SMILES string of the molecule is Fc1cnc2oc(-c3ccccc3Br)nc2c1. The van der Waals surface area contributed by atoms with Crippen molar-refractivity contribution in [1.29, 1.82) is 0 Å². The number of hydrogen-bond acceptors (Lipinski definition) is 3. The molecule has 84 valence electrons. The average Bonchev–Trinajstić information content (AvgIpc) is 2.72. The van der Waals surface area contributed by atoms with Gasteiger partial charge in [0.05, 0.1) is 11.8 Å². The molecule has 3 nitrogen and oxygen atoms in total. The van der Waals surface area contributed by atoms with Crippen molar-refractivity contribution in [2.75, 3.05) is 0 Å². The Morgan fingerprint density at radius 3 is 2.88 bits per heavy atom. The maximum atomic E-state index is 13.0. The molecule has 1 aromatic carbocycles. The van der Waals surface area contributed by atoms with Gasteiger partial charge in [-0.2, -0.15) is 0 Å². The molecule has 0 bridgehead atoms. The largest absolute Gasteiger partial charge is 0.418 e. The van der Waals surface area contributed by atoms with E-state index in [0.29, 0.717) is 17.1 Å². The second-order valence-electron chi connectivity index (χ2n) is 3.48. The maximum Gasteiger partial charge on any atom is 0.247 e. The van der Waals surface area contributed by atoms with Crippen LogP contribution in [0.5, 0.6) is 0 Å². The van der Waals surface area contributed by atoms with Crippen molar-refractivity contribution in [1.82, 2.24) is 9.97 Å². The first-order valence-electron chi connectivity index (χ1n) is 4.91. The summed E-state index contributed by atoms with van der Waals surface area (Å²) in [7, 11) is 0. The summed E-state index contributed by atoms with van der Waals surface area (Å²) in [5, 5.41) is 0. The predicted molar refractivity (Wildman–Crippen MR) is 64.9 cm³/mol. The number of hydrogen-bond donors (Lipinski definition) is 0. The first kappa shape index (κ1) is 10.4. The van der Waals surface area contributed by atoms with E-state index in [4.69, 9.17) is 4.42 Å². The predicted octanol–water partition coefficient (Wildman–Crippen LogP) is 3.79. The molecule has 0 saturated carbocycles. The zero-order chi connectivity index (χ0) is 11.8. The Morgan fingerprint density at radius 2 is 2.06 bits per heavy atom. The summed E-state index contributed by atoms with van der Waals surface area (Å²) in [6.45, 7) is 0. The van der Waals surface area contributed by atoms with Gasteiger partial charge in [0.25, 0.3) is 0 Å². The number of oxazole rings is 1. The fourth-order valence-electron chi connectivity index (χ4n) is 1.55. The van der Waals surface area contributed by atoms with Gasteiger partial charge >= 0.3 is 0 Å². The summed E-state index contributed by atoms with van der Waals surface area (Å²) >= 11 is 3.41. The molecule has 0 saturated heterocycles. The first-order chi connectivity index (χ1) is 8.24. The van der Waals surface area contributed by atoms with Gasteiger partial charge in [0.1, 0.15) is 11.3 Å². The van der Waals surface area contributed by atoms with E-state index >= 15 is 0 Å². The van der Waals surface area contributed by atoms with E-state index in [1.165, 1.54) is 6.07 Å². The van der Waals surface area contributed by atoms with Crippen molar-refractivity contribution in [2.24, 2.45) is 0 Å². The van der Waals surface area contributed by atoms with Crippen LogP contribution in [0.3, 0.4) is 0 Å². The van der Waals surface area contributed by atoms with Crippen molar-refractivity contribution in [3.8, 4) is 11.5 Å². The third kappa shape index (κ3) is 1.82. The van der Waals surface area contributed by atoms with E-state index in [1.807, 2.05) is 24.3 Å². The fraction of sp³-hybridized carbons (Fsp3) is 0. The molecule has 5 heteroatoms. The number of rotatable bonds is 1. The molecule has 0 radical (unpaired) electrons. The topological polar surface area (TPSA) is 38.9 Å². The molecule has 0 atom stereocenters. The van der Waals surface area contributed by atoms with E-state index in [0.717, 1.165) is 16.2 Å². The van der Waals surface area contributed by atoms with Gasteiger partial charge in [-0.25, -0.2) is 14.4 Å². The minimum atomic E-state index is -0.426. The fourth-order valence-corrected chi connectivity index (χ4v) is 2.00. The van der Waals surface area contributed by atoms with Gasteiger partial charge in [0.2, 0.25) is 11.6 Å². The number of aromatic nitrogens is 2. The number of benzene rings is 1. The lowest BCUT2D eigenvalue weighted by Crippen LogP contribution is -1.79. The Morgan fingerprint density at radius 1 is 1.24 bits per heavy atom. The van der Waals surface area contributed by atoms with Gasteiger partial charge in [0.15, 0.2) is 0 Å². The minimum Gasteiger partial charge on any atom is -0.418 e. The lowest BCUT2D eigenvalue weighted by atomic mass is 10.2. The van der Waals surface area contributed by atoms with Crippen LogP contribution in [0.15, 0.2) is 45.4 Å². The van der Waals surface area contributed by atoms with Crippen molar-refractivity contribution >= 4 is 27.2 Å². The summed E-state index contributed by atoms with van der Waals surface area (Å²) in [5.74, 6) is -0.00458. The number of halogens is 2. The van der Waals surface area contributed by atoms with Crippen LogP contribution in [0.4, 0.5) is 4.39 Å². The van der Waals surface area contributed by atoms with Crippen molar-refractivity contribution < 1.29 is 8.81 Å². The molecule has 0 unspecified atom stereocenters. The molecule has 17 heavy (non-hydrogen) atoms. The normalized spacial score (nSPS) is 10.9. The Labute approximate surface area is 104 Å². The zero-order valence-corrected chi connectivity index (χ0v) is 10.1. The second-order valence-corrected chi connectivity index (χ2v) is 4.33. The number of pyridine rings is 1. The summed E-state index contributed by atoms with van der Waals surface area (Å²) in [4.78, 5) is 8.04. The van der Waals surface area contributed by atoms with Gasteiger partial charge in [-0.3, -0.25) is 0 Å². The summed E-state index contributed by atoms with van der Waals surface area (Å²) in [6.07, 6.45) is 1.11. The third-order valence-corrected chi connectivity index (χ3v) is 3.01. The highest BCUT2D eigenvalue weighted by Crippen LogP contribution is 2.29. The molecule has 0 amide bonds. The van der Waals surface area contributed by atoms with Crippen LogP contribution < -0.4 is 0 Å². The van der Waals surface area contributed by atoms with Crippen LogP contribution in [-0.4, -0.2) is 9.97 Å². The molecule has 0 aliphatic carbocycles. The molecule has 2 aromatic heterocycles. The van der Waals surface area contributed by atoms with Gasteiger partial charge < -0.3 is 4.42 Å². The van der Waals surface area contributed by atoms with E-state index < -0.39 is 5.82 Å². The lowest BCUT2D eigenvalue weighted by molar-refractivity contribution is 0.597. The van der Waals surface area contributed by atoms with Crippen molar-refractivity contribution in [3.63, 3.8) is 0 Å². The molecule has 0 aliphatic rings. The molecule has 0 fully saturated rings. The van der Waals surface area contributed by atoms with E-state index in [-0.39, 0.29) is 0 Å². The minimum absolute atomic E-state index is 0.331. The lowest BCUT2D eigenvalue weighted by Gasteiger charge is -1.96. The van der Waals surface area contributed by atoms with Crippen LogP contribution in [0.25, 0.3) is 22.7 Å². The Balaban J connectivity index is 2.22. The number of fused-ring (bicyclic) bond motifs is 1. The second kappa shape index (κ2) is 3.92. The highest BCUT2D eigenvalue weighted by atomic mass is 79.9. The smallest absolute Gasteiger partial charge is 0.247 e. The third-order valence-electron chi connectivity index (χ3n) is 2.32. The molecule has 3 aromatic rings. The van der Waals surface area contributed by atoms with Gasteiger partial charge in [-0.15, -0.1) is 0 Å². The molecular weight excluding hydrogens is 287 g/mol. The molecular formula is C12H6BrFN2O. The van der Waals surface area contributed by atoms with E-state index in [1.54, 1.807) is 0 Å². The van der Waals surface area contributed by atoms with E-state index in [9.17, 15) is 4.39 Å². The van der Waals surface area contributed by atoms with Gasteiger partial charge in [-0.1, -0.05) is 12.1 Å². The highest BCUT2D eigenvalue weighted by Gasteiger charge is 2.11. The van der Waals surface area contributed by atoms with Crippen LogP contribution in [-0.2, 0) is 0 Å². The molecule has 0 N–H and O–H groups in total. The van der Waals surface area contributed by atoms with Crippen LogP contribution in [0, 0.1) is 5.82 Å². The number of nitrogens with zero attached hydrogens (tertiary/aromatic N) is 2. The Hall–Kier alpha value is -1.75. The molecule has 0 aliphatic heterocycles. The average molecular weight is 293 g/mol. The van der Waals surface area contributed by atoms with Gasteiger partial charge in [0, 0.05) is 10.5 Å². The Bertz CT molecular complexity index is 696. The molecule has 0 spiro atoms. The summed E-state index contributed by atoms with van der Waals surface area (Å²) in [6, 6.07) is 8.83.